The van der Waals surface area contributed by atoms with E-state index >= 15 is 0 Å². The van der Waals surface area contributed by atoms with E-state index in [1.165, 1.54) is 24.7 Å². The van der Waals surface area contributed by atoms with Crippen molar-refractivity contribution in [1.29, 1.82) is 0 Å². The molecule has 37 valence electrons. The number of rotatable bonds is 0. The molecule has 0 N–H and O–H groups in total. The number of hydrogen-bond acceptors (Lipinski definition) is 0. The fraction of sp³-hybridized carbons (Fsp3) is 0. The fourth-order valence-electron chi connectivity index (χ4n) is 0. The van der Waals surface area contributed by atoms with E-state index in [0.717, 1.165) is 0 Å². The fourth-order valence-corrected chi connectivity index (χ4v) is 0. The largest absolute Gasteiger partial charge is 1.00 e. The first-order valence-corrected chi connectivity index (χ1v) is 2.12. The molecule has 0 saturated heterocycles. The summed E-state index contributed by atoms with van der Waals surface area (Å²) in [7, 11) is 0. The third-order valence-corrected chi connectivity index (χ3v) is 0. The van der Waals surface area contributed by atoms with Crippen LogP contribution in [0.1, 0.15) is 0 Å². The molecule has 4 heteroatoms. The Morgan fingerprint density at radius 3 is 1.33 bits per heavy atom. The van der Waals surface area contributed by atoms with E-state index in [0.29, 0.717) is 0 Å². The summed E-state index contributed by atoms with van der Waals surface area (Å²) in [4.78, 5) is 0. The van der Waals surface area contributed by atoms with Crippen LogP contribution in [0.4, 0.5) is 0 Å². The van der Waals surface area contributed by atoms with Crippen molar-refractivity contribution in [3.8, 4) is 0 Å². The number of hydrogen-bond donors (Lipinski definition) is 0. The third-order valence-electron chi connectivity index (χ3n) is 0. The van der Waals surface area contributed by atoms with Gasteiger partial charge >= 0.3 is 35.1 Å². The topological polar surface area (TPSA) is 0 Å². The maximum atomic E-state index is 3.40. The summed E-state index contributed by atoms with van der Waals surface area (Å²) >= 11 is 1.40. The second kappa shape index (κ2) is 32.2. The van der Waals surface area contributed by atoms with Crippen LogP contribution in [-0.2, 0) is 24.7 Å². The van der Waals surface area contributed by atoms with Crippen molar-refractivity contribution in [2.24, 2.45) is 0 Å². The summed E-state index contributed by atoms with van der Waals surface area (Å²) in [6.07, 6.45) is 0. The molecule has 0 aromatic carbocycles. The minimum atomic E-state index is 0. The molecular formula is C2H7Cl2SiZr. The van der Waals surface area contributed by atoms with Gasteiger partial charge in [-0.3, -0.25) is 0 Å². The van der Waals surface area contributed by atoms with Crippen molar-refractivity contribution < 1.29 is 49.5 Å². The molecule has 0 aromatic heterocycles. The summed E-state index contributed by atoms with van der Waals surface area (Å²) < 4.78 is 1.84. The normalized spacial score (nSPS) is 2.33. The minimum Gasteiger partial charge on any atom is -1.00 e. The maximum absolute atomic E-state index is 3.40. The first-order chi connectivity index (χ1) is 1.41. The van der Waals surface area contributed by atoms with Crippen LogP contribution in [-0.4, -0.2) is 11.0 Å². The van der Waals surface area contributed by atoms with Crippen LogP contribution >= 0.6 is 0 Å². The zero-order valence-electron chi connectivity index (χ0n) is 2.54. The molecule has 0 saturated carbocycles. The van der Waals surface area contributed by atoms with Crippen molar-refractivity contribution in [3.63, 3.8) is 0 Å². The summed E-state index contributed by atoms with van der Waals surface area (Å²) in [6, 6.07) is 0. The van der Waals surface area contributed by atoms with Gasteiger partial charge in [0.25, 0.3) is 0 Å². The molecule has 0 atom stereocenters. The third kappa shape index (κ3) is 52.5. The van der Waals surface area contributed by atoms with Crippen LogP contribution in [0, 0.1) is 0 Å². The van der Waals surface area contributed by atoms with Gasteiger partial charge in [0.15, 0.2) is 0 Å². The zero-order chi connectivity index (χ0) is 2.71. The van der Waals surface area contributed by atoms with Crippen LogP contribution < -0.4 is 24.8 Å². The Balaban J connectivity index is -0.00000000667. The first-order valence-electron chi connectivity index (χ1n) is 0.697. The summed E-state index contributed by atoms with van der Waals surface area (Å²) in [5, 5.41) is 0. The summed E-state index contributed by atoms with van der Waals surface area (Å²) in [5.74, 6) is 0. The van der Waals surface area contributed by atoms with Crippen LogP contribution in [0.3, 0.4) is 0 Å². The average Bonchev–Trinajstić information content (AvgIpc) is 0.918. The molecule has 6 heavy (non-hydrogen) atoms. The Morgan fingerprint density at radius 2 is 1.33 bits per heavy atom. The van der Waals surface area contributed by atoms with E-state index in [1.54, 1.807) is 0 Å². The Bertz CT molecular complexity index is 19.0. The van der Waals surface area contributed by atoms with Crippen molar-refractivity contribution in [1.82, 2.24) is 0 Å². The predicted octanol–water partition coefficient (Wildman–Crippen LogP) is -6.77. The second-order valence-electron chi connectivity index (χ2n) is 0.204. The molecular weight excluding hydrogens is 214 g/mol. The molecule has 0 spiro atoms. The van der Waals surface area contributed by atoms with Gasteiger partial charge in [-0.1, -0.05) is 0 Å². The van der Waals surface area contributed by atoms with Gasteiger partial charge in [0.05, 0.1) is 0 Å². The van der Waals surface area contributed by atoms with Crippen molar-refractivity contribution in [2.45, 2.75) is 0 Å². The monoisotopic (exact) mass is 219 g/mol. The Labute approximate surface area is 70.5 Å². The van der Waals surface area contributed by atoms with Gasteiger partial charge in [-0.15, -0.1) is 0 Å². The molecule has 0 nitrogen and oxygen atoms in total. The van der Waals surface area contributed by atoms with E-state index in [4.69, 9.17) is 0 Å². The predicted molar refractivity (Wildman–Crippen MR) is 21.5 cm³/mol. The molecule has 0 aliphatic rings. The van der Waals surface area contributed by atoms with Crippen LogP contribution in [0.15, 0.2) is 10.4 Å². The molecule has 0 fully saturated rings. The average molecular weight is 221 g/mol. The quantitative estimate of drug-likeness (QED) is 0.357. The SMILES string of the molecule is C=[CH][Zr+2].[Cl-].[Cl-].[SiH4]. The van der Waals surface area contributed by atoms with E-state index in [9.17, 15) is 0 Å². The first kappa shape index (κ1) is 26.1. The van der Waals surface area contributed by atoms with Crippen LogP contribution in [0.5, 0.6) is 0 Å². The standard InChI is InChI=1S/C2H3.2ClH.H4Si.Zr/c1-2;;;;/h1H,2H2;2*1H;1H4;/q;;;;+2/p-2. The molecule has 0 unspecified atom stereocenters. The van der Waals surface area contributed by atoms with Gasteiger partial charge in [0.2, 0.25) is 0 Å². The van der Waals surface area contributed by atoms with Gasteiger partial charge in [0, 0.05) is 0 Å². The van der Waals surface area contributed by atoms with Crippen LogP contribution in [0.2, 0.25) is 0 Å². The summed E-state index contributed by atoms with van der Waals surface area (Å²) in [6.45, 7) is 3.40. The summed E-state index contributed by atoms with van der Waals surface area (Å²) in [5.41, 5.74) is 0. The van der Waals surface area contributed by atoms with Gasteiger partial charge in [0.1, 0.15) is 0 Å². The molecule has 0 bridgehead atoms. The Kier molecular flexibility index (Phi) is 140. The van der Waals surface area contributed by atoms with Gasteiger partial charge < -0.3 is 24.8 Å². The van der Waals surface area contributed by atoms with Crippen molar-refractivity contribution in [3.05, 3.63) is 10.4 Å². The molecule has 0 amide bonds. The molecule has 0 aliphatic carbocycles. The molecule has 0 heterocycles. The van der Waals surface area contributed by atoms with Crippen molar-refractivity contribution in [2.75, 3.05) is 0 Å². The van der Waals surface area contributed by atoms with E-state index in [1.807, 2.05) is 3.78 Å². The molecule has 0 rings (SSSR count). The van der Waals surface area contributed by atoms with E-state index in [2.05, 4.69) is 6.58 Å². The minimum absolute atomic E-state index is 0. The molecule has 0 aromatic rings. The Morgan fingerprint density at radius 1 is 1.33 bits per heavy atom. The number of halogens is 2. The smallest absolute Gasteiger partial charge is 0.0149 e. The van der Waals surface area contributed by atoms with E-state index in [-0.39, 0.29) is 35.8 Å². The molecule has 0 aliphatic heterocycles. The molecule has 0 radical (unpaired) electrons. The van der Waals surface area contributed by atoms with Crippen molar-refractivity contribution >= 4 is 11.0 Å². The van der Waals surface area contributed by atoms with Crippen LogP contribution in [0.25, 0.3) is 0 Å². The van der Waals surface area contributed by atoms with E-state index < -0.39 is 0 Å². The van der Waals surface area contributed by atoms with Gasteiger partial charge in [-0.05, 0) is 11.0 Å². The Hall–Kier alpha value is 1.42. The van der Waals surface area contributed by atoms with Gasteiger partial charge in [-0.2, -0.15) is 0 Å². The second-order valence-corrected chi connectivity index (χ2v) is 1.21. The van der Waals surface area contributed by atoms with Gasteiger partial charge in [-0.25, -0.2) is 0 Å². The maximum Gasteiger partial charge on any atom is -0.0149 e. The zero-order valence-corrected chi connectivity index (χ0v) is 6.51.